The molecule has 2 aromatic carbocycles. The number of hydrogen-bond donors (Lipinski definition) is 3. The Morgan fingerprint density at radius 3 is 2.66 bits per heavy atom. The maximum Gasteiger partial charge on any atom is 0.313 e. The monoisotopic (exact) mass is 438 g/mol. The highest BCUT2D eigenvalue weighted by Gasteiger charge is 2.25. The van der Waals surface area contributed by atoms with E-state index in [1.807, 2.05) is 13.8 Å². The second-order valence-electron chi connectivity index (χ2n) is 7.74. The van der Waals surface area contributed by atoms with E-state index in [-0.39, 0.29) is 0 Å². The van der Waals surface area contributed by atoms with Crippen molar-refractivity contribution in [3.8, 4) is 22.8 Å². The summed E-state index contributed by atoms with van der Waals surface area (Å²) in [5, 5.41) is 5.30. The molecule has 0 aliphatic carbocycles. The molecule has 0 aliphatic heterocycles. The van der Waals surface area contributed by atoms with Crippen LogP contribution in [0.4, 0.5) is 11.4 Å². The number of ether oxygens (including phenoxy) is 2. The van der Waals surface area contributed by atoms with Gasteiger partial charge in [0.25, 0.3) is 0 Å². The van der Waals surface area contributed by atoms with Gasteiger partial charge in [-0.15, -0.1) is 0 Å². The summed E-state index contributed by atoms with van der Waals surface area (Å²) in [6.07, 6.45) is 3.36. The maximum absolute atomic E-state index is 12.4. The zero-order valence-electron chi connectivity index (χ0n) is 18.2. The molecular formula is C23H26N4O5. The first-order valence-corrected chi connectivity index (χ1v) is 9.96. The van der Waals surface area contributed by atoms with Crippen LogP contribution >= 0.6 is 0 Å². The number of aromatic nitrogens is 1. The Labute approximate surface area is 185 Å². The fourth-order valence-corrected chi connectivity index (χ4v) is 2.96. The van der Waals surface area contributed by atoms with Crippen molar-refractivity contribution in [1.82, 2.24) is 10.3 Å². The largest absolute Gasteiger partial charge is 0.496 e. The number of carbonyl (C=O) groups excluding carboxylic acids is 2. The average Bonchev–Trinajstić information content (AvgIpc) is 3.28. The molecule has 0 spiro atoms. The Morgan fingerprint density at radius 2 is 1.97 bits per heavy atom. The number of methoxy groups -OCH3 is 1. The molecule has 4 N–H and O–H groups in total. The summed E-state index contributed by atoms with van der Waals surface area (Å²) in [7, 11) is 1.50. The molecule has 9 nitrogen and oxygen atoms in total. The highest BCUT2D eigenvalue weighted by molar-refractivity contribution is 6.39. The summed E-state index contributed by atoms with van der Waals surface area (Å²) in [4.78, 5) is 28.7. The number of hydrogen-bond acceptors (Lipinski definition) is 7. The van der Waals surface area contributed by atoms with Gasteiger partial charge in [-0.2, -0.15) is 0 Å². The first kappa shape index (κ1) is 22.7. The third-order valence-corrected chi connectivity index (χ3v) is 4.67. The third-order valence-electron chi connectivity index (χ3n) is 4.67. The van der Waals surface area contributed by atoms with Crippen molar-refractivity contribution in [2.24, 2.45) is 0 Å². The highest BCUT2D eigenvalue weighted by Crippen LogP contribution is 2.32. The van der Waals surface area contributed by atoms with E-state index < -0.39 is 17.4 Å². The minimum absolute atomic E-state index is 0.346. The minimum atomic E-state index is -0.788. The second-order valence-corrected chi connectivity index (χ2v) is 7.74. The van der Waals surface area contributed by atoms with Crippen molar-refractivity contribution in [2.75, 3.05) is 24.8 Å². The number of nitrogens with one attached hydrogen (secondary N) is 2. The molecule has 168 valence electrons. The van der Waals surface area contributed by atoms with Crippen molar-refractivity contribution in [1.29, 1.82) is 0 Å². The molecule has 2 amide bonds. The number of amides is 2. The van der Waals surface area contributed by atoms with Crippen LogP contribution in [0.25, 0.3) is 11.3 Å². The van der Waals surface area contributed by atoms with E-state index in [1.54, 1.807) is 48.7 Å². The first-order valence-electron chi connectivity index (χ1n) is 9.96. The van der Waals surface area contributed by atoms with Crippen LogP contribution in [0.1, 0.15) is 20.3 Å². The molecule has 0 unspecified atom stereocenters. The number of carbonyl (C=O) groups is 2. The van der Waals surface area contributed by atoms with E-state index in [0.717, 1.165) is 0 Å². The standard InChI is InChI=1S/C23H26N4O5/c1-23(2,9-10-31-17-6-4-5-15(24)11-17)27-22(29)21(28)26-16-7-8-18(19(12-16)30-3)20-13-25-14-32-20/h4-8,11-14H,9-10,24H2,1-3H3,(H,26,28)(H,27,29). The predicted molar refractivity (Wildman–Crippen MR) is 120 cm³/mol. The first-order chi connectivity index (χ1) is 15.3. The van der Waals surface area contributed by atoms with Crippen LogP contribution in [-0.4, -0.2) is 36.1 Å². The second kappa shape index (κ2) is 9.86. The van der Waals surface area contributed by atoms with Gasteiger partial charge in [0, 0.05) is 35.5 Å². The van der Waals surface area contributed by atoms with Gasteiger partial charge in [0.15, 0.2) is 12.2 Å². The smallest absolute Gasteiger partial charge is 0.313 e. The number of rotatable bonds is 8. The Kier molecular flexibility index (Phi) is 6.99. The summed E-state index contributed by atoms with van der Waals surface area (Å²) in [6, 6.07) is 12.1. The molecule has 1 aromatic heterocycles. The normalized spacial score (nSPS) is 11.0. The van der Waals surface area contributed by atoms with Crippen molar-refractivity contribution in [3.63, 3.8) is 0 Å². The Morgan fingerprint density at radius 1 is 1.16 bits per heavy atom. The van der Waals surface area contributed by atoms with Gasteiger partial charge in [0.2, 0.25) is 0 Å². The van der Waals surface area contributed by atoms with E-state index in [1.165, 1.54) is 13.5 Å². The number of nitrogens with zero attached hydrogens (tertiary/aromatic N) is 1. The average molecular weight is 438 g/mol. The van der Waals surface area contributed by atoms with Crippen molar-refractivity contribution in [2.45, 2.75) is 25.8 Å². The van der Waals surface area contributed by atoms with E-state index in [4.69, 9.17) is 19.6 Å². The van der Waals surface area contributed by atoms with Gasteiger partial charge in [-0.05, 0) is 38.1 Å². The lowest BCUT2D eigenvalue weighted by atomic mass is 10.0. The van der Waals surface area contributed by atoms with Crippen LogP contribution in [0.3, 0.4) is 0 Å². The SMILES string of the molecule is COc1cc(NC(=O)C(=O)NC(C)(C)CCOc2cccc(N)c2)ccc1-c1cnco1. The number of benzene rings is 2. The van der Waals surface area contributed by atoms with Gasteiger partial charge in [-0.1, -0.05) is 6.07 Å². The van der Waals surface area contributed by atoms with Crippen molar-refractivity contribution < 1.29 is 23.5 Å². The topological polar surface area (TPSA) is 129 Å². The minimum Gasteiger partial charge on any atom is -0.496 e. The lowest BCUT2D eigenvalue weighted by Crippen LogP contribution is -2.48. The van der Waals surface area contributed by atoms with Crippen molar-refractivity contribution >= 4 is 23.2 Å². The van der Waals surface area contributed by atoms with Crippen LogP contribution in [0, 0.1) is 0 Å². The Hall–Kier alpha value is -4.01. The molecule has 1 heterocycles. The molecule has 0 saturated carbocycles. The van der Waals surface area contributed by atoms with E-state index in [9.17, 15) is 9.59 Å². The quantitative estimate of drug-likeness (QED) is 0.364. The third kappa shape index (κ3) is 6.00. The summed E-state index contributed by atoms with van der Waals surface area (Å²) < 4.78 is 16.3. The molecule has 32 heavy (non-hydrogen) atoms. The van der Waals surface area contributed by atoms with Crippen LogP contribution in [0.5, 0.6) is 11.5 Å². The Bertz CT molecular complexity index is 1080. The van der Waals surface area contributed by atoms with Gasteiger partial charge in [0.05, 0.1) is 25.5 Å². The van der Waals surface area contributed by atoms with Gasteiger partial charge in [-0.25, -0.2) is 4.98 Å². The molecule has 0 atom stereocenters. The highest BCUT2D eigenvalue weighted by atomic mass is 16.5. The zero-order valence-corrected chi connectivity index (χ0v) is 18.2. The van der Waals surface area contributed by atoms with Gasteiger partial charge in [0.1, 0.15) is 11.5 Å². The summed E-state index contributed by atoms with van der Waals surface area (Å²) >= 11 is 0. The molecule has 0 fully saturated rings. The molecule has 9 heteroatoms. The van der Waals surface area contributed by atoms with Gasteiger partial charge in [-0.3, -0.25) is 9.59 Å². The lowest BCUT2D eigenvalue weighted by molar-refractivity contribution is -0.137. The molecule has 0 saturated heterocycles. The predicted octanol–water partition coefficient (Wildman–Crippen LogP) is 3.23. The molecule has 3 aromatic rings. The molecule has 0 radical (unpaired) electrons. The number of oxazole rings is 1. The molecule has 3 rings (SSSR count). The maximum atomic E-state index is 12.4. The Balaban J connectivity index is 1.55. The molecule has 0 aliphatic rings. The van der Waals surface area contributed by atoms with Crippen molar-refractivity contribution in [3.05, 3.63) is 55.1 Å². The zero-order chi connectivity index (χ0) is 23.1. The van der Waals surface area contributed by atoms with Gasteiger partial charge >= 0.3 is 11.8 Å². The fourth-order valence-electron chi connectivity index (χ4n) is 2.96. The fraction of sp³-hybridized carbons (Fsp3) is 0.261. The number of nitrogen functional groups attached to an aromatic ring is 1. The van der Waals surface area contributed by atoms with E-state index in [0.29, 0.717) is 47.2 Å². The number of nitrogens with two attached hydrogens (primary N) is 1. The number of anilines is 2. The molecular weight excluding hydrogens is 412 g/mol. The van der Waals surface area contributed by atoms with Crippen LogP contribution in [0.15, 0.2) is 59.5 Å². The van der Waals surface area contributed by atoms with Crippen LogP contribution in [0.2, 0.25) is 0 Å². The summed E-state index contributed by atoms with van der Waals surface area (Å²) in [5.41, 5.74) is 6.76. The van der Waals surface area contributed by atoms with Crippen LogP contribution in [-0.2, 0) is 9.59 Å². The van der Waals surface area contributed by atoms with E-state index >= 15 is 0 Å². The summed E-state index contributed by atoms with van der Waals surface area (Å²) in [6.45, 7) is 3.98. The molecule has 0 bridgehead atoms. The van der Waals surface area contributed by atoms with Gasteiger partial charge < -0.3 is 30.3 Å². The summed E-state index contributed by atoms with van der Waals surface area (Å²) in [5.74, 6) is 0.104. The lowest BCUT2D eigenvalue weighted by Gasteiger charge is -2.26. The van der Waals surface area contributed by atoms with Crippen LogP contribution < -0.4 is 25.8 Å². The van der Waals surface area contributed by atoms with E-state index in [2.05, 4.69) is 15.6 Å².